The molecule has 2 atom stereocenters. The van der Waals surface area contributed by atoms with Gasteiger partial charge in [0.05, 0.1) is 19.3 Å². The first-order valence-electron chi connectivity index (χ1n) is 7.93. The largest absolute Gasteiger partial charge is 0.497 e. The molecule has 0 saturated heterocycles. The van der Waals surface area contributed by atoms with Crippen LogP contribution in [0, 0.1) is 6.92 Å². The van der Waals surface area contributed by atoms with Gasteiger partial charge < -0.3 is 20.5 Å². The molecule has 128 valence electrons. The molecule has 0 aliphatic heterocycles. The maximum atomic E-state index is 12.0. The maximum absolute atomic E-state index is 12.0. The standard InChI is InChI=1S/C19H24N2O3/c1-13-6-4-5-7-17(13)14(2)21-19(23)20-12-18(22)15-8-10-16(24-3)11-9-15/h4-11,14,18,22H,12H2,1-3H3,(H2,20,21,23). The Morgan fingerprint density at radius 1 is 1.17 bits per heavy atom. The second-order valence-electron chi connectivity index (χ2n) is 5.72. The summed E-state index contributed by atoms with van der Waals surface area (Å²) >= 11 is 0. The highest BCUT2D eigenvalue weighted by atomic mass is 16.5. The van der Waals surface area contributed by atoms with E-state index < -0.39 is 6.10 Å². The molecular weight excluding hydrogens is 304 g/mol. The van der Waals surface area contributed by atoms with Gasteiger partial charge in [0.2, 0.25) is 0 Å². The lowest BCUT2D eigenvalue weighted by atomic mass is 10.0. The van der Waals surface area contributed by atoms with E-state index in [4.69, 9.17) is 4.74 Å². The summed E-state index contributed by atoms with van der Waals surface area (Å²) in [7, 11) is 1.59. The van der Waals surface area contributed by atoms with Gasteiger partial charge in [-0.1, -0.05) is 36.4 Å². The Morgan fingerprint density at radius 2 is 1.83 bits per heavy atom. The van der Waals surface area contributed by atoms with Crippen LogP contribution in [0.3, 0.4) is 0 Å². The average Bonchev–Trinajstić information content (AvgIpc) is 2.60. The summed E-state index contributed by atoms with van der Waals surface area (Å²) in [6, 6.07) is 14.6. The number of carbonyl (C=O) groups excluding carboxylic acids is 1. The number of benzene rings is 2. The summed E-state index contributed by atoms with van der Waals surface area (Å²) in [4.78, 5) is 12.0. The van der Waals surface area contributed by atoms with Crippen molar-refractivity contribution in [1.82, 2.24) is 10.6 Å². The number of aryl methyl sites for hydroxylation is 1. The fourth-order valence-electron chi connectivity index (χ4n) is 2.53. The quantitative estimate of drug-likeness (QED) is 0.763. The van der Waals surface area contributed by atoms with E-state index >= 15 is 0 Å². The van der Waals surface area contributed by atoms with Crippen molar-refractivity contribution in [2.24, 2.45) is 0 Å². The molecule has 2 aromatic rings. The molecule has 0 radical (unpaired) electrons. The summed E-state index contributed by atoms with van der Waals surface area (Å²) in [6.07, 6.45) is -0.768. The Bertz CT molecular complexity index is 671. The number of hydrogen-bond donors (Lipinski definition) is 3. The molecule has 0 spiro atoms. The zero-order valence-electron chi connectivity index (χ0n) is 14.2. The van der Waals surface area contributed by atoms with Crippen molar-refractivity contribution in [3.63, 3.8) is 0 Å². The minimum Gasteiger partial charge on any atom is -0.497 e. The second-order valence-corrected chi connectivity index (χ2v) is 5.72. The highest BCUT2D eigenvalue weighted by Crippen LogP contribution is 2.18. The number of aliphatic hydroxyl groups excluding tert-OH is 1. The molecule has 5 nitrogen and oxygen atoms in total. The van der Waals surface area contributed by atoms with Crippen molar-refractivity contribution in [1.29, 1.82) is 0 Å². The van der Waals surface area contributed by atoms with Crippen LogP contribution in [0.2, 0.25) is 0 Å². The van der Waals surface area contributed by atoms with Gasteiger partial charge in [-0.15, -0.1) is 0 Å². The molecule has 2 amide bonds. The van der Waals surface area contributed by atoms with Gasteiger partial charge in [0, 0.05) is 6.54 Å². The minimum absolute atomic E-state index is 0.107. The van der Waals surface area contributed by atoms with Crippen LogP contribution in [0.5, 0.6) is 5.75 Å². The summed E-state index contributed by atoms with van der Waals surface area (Å²) in [5.74, 6) is 0.726. The predicted molar refractivity (Wildman–Crippen MR) is 94.1 cm³/mol. The van der Waals surface area contributed by atoms with Crippen molar-refractivity contribution in [3.05, 3.63) is 65.2 Å². The summed E-state index contributed by atoms with van der Waals surface area (Å²) < 4.78 is 5.08. The molecule has 2 unspecified atom stereocenters. The number of urea groups is 1. The monoisotopic (exact) mass is 328 g/mol. The number of aliphatic hydroxyl groups is 1. The van der Waals surface area contributed by atoms with Crippen LogP contribution in [0.4, 0.5) is 4.79 Å². The molecule has 0 aromatic heterocycles. The van der Waals surface area contributed by atoms with Gasteiger partial charge in [0.15, 0.2) is 0 Å². The van der Waals surface area contributed by atoms with Crippen molar-refractivity contribution < 1.29 is 14.6 Å². The fourth-order valence-corrected chi connectivity index (χ4v) is 2.53. The van der Waals surface area contributed by atoms with Gasteiger partial charge in [-0.25, -0.2) is 4.79 Å². The van der Waals surface area contributed by atoms with Crippen molar-refractivity contribution in [2.75, 3.05) is 13.7 Å². The van der Waals surface area contributed by atoms with Gasteiger partial charge >= 0.3 is 6.03 Å². The molecule has 24 heavy (non-hydrogen) atoms. The normalized spacial score (nSPS) is 13.0. The lowest BCUT2D eigenvalue weighted by Gasteiger charge is -2.18. The molecule has 0 heterocycles. The van der Waals surface area contributed by atoms with Crippen molar-refractivity contribution in [3.8, 4) is 5.75 Å². The molecule has 0 fully saturated rings. The third-order valence-corrected chi connectivity index (χ3v) is 3.96. The second kappa shape index (κ2) is 8.36. The van der Waals surface area contributed by atoms with Crippen LogP contribution < -0.4 is 15.4 Å². The molecule has 2 rings (SSSR count). The van der Waals surface area contributed by atoms with Gasteiger partial charge in [0.1, 0.15) is 5.75 Å². The van der Waals surface area contributed by atoms with Gasteiger partial charge in [-0.2, -0.15) is 0 Å². The van der Waals surface area contributed by atoms with E-state index in [1.807, 2.05) is 38.1 Å². The number of rotatable bonds is 6. The van der Waals surface area contributed by atoms with E-state index in [2.05, 4.69) is 10.6 Å². The summed E-state index contributed by atoms with van der Waals surface area (Å²) in [5, 5.41) is 15.7. The van der Waals surface area contributed by atoms with Crippen molar-refractivity contribution in [2.45, 2.75) is 26.0 Å². The zero-order valence-corrected chi connectivity index (χ0v) is 14.2. The smallest absolute Gasteiger partial charge is 0.315 e. The highest BCUT2D eigenvalue weighted by molar-refractivity contribution is 5.74. The Kier molecular flexibility index (Phi) is 6.21. The van der Waals surface area contributed by atoms with E-state index in [9.17, 15) is 9.90 Å². The fraction of sp³-hybridized carbons (Fsp3) is 0.316. The third-order valence-electron chi connectivity index (χ3n) is 3.96. The predicted octanol–water partition coefficient (Wildman–Crippen LogP) is 3.10. The first-order chi connectivity index (χ1) is 11.5. The SMILES string of the molecule is COc1ccc(C(O)CNC(=O)NC(C)c2ccccc2C)cc1. The molecule has 0 aliphatic rings. The van der Waals surface area contributed by atoms with Gasteiger partial charge in [-0.05, 0) is 42.7 Å². The van der Waals surface area contributed by atoms with Crippen LogP contribution in [-0.2, 0) is 0 Å². The molecular formula is C19H24N2O3. The van der Waals surface area contributed by atoms with Crippen LogP contribution in [0.1, 0.15) is 35.8 Å². The molecule has 5 heteroatoms. The van der Waals surface area contributed by atoms with E-state index in [0.717, 1.165) is 22.4 Å². The van der Waals surface area contributed by atoms with Crippen LogP contribution in [-0.4, -0.2) is 24.8 Å². The summed E-state index contributed by atoms with van der Waals surface area (Å²) in [6.45, 7) is 4.08. The van der Waals surface area contributed by atoms with E-state index in [0.29, 0.717) is 0 Å². The molecule has 0 bridgehead atoms. The Labute approximate surface area is 142 Å². The highest BCUT2D eigenvalue weighted by Gasteiger charge is 2.13. The zero-order chi connectivity index (χ0) is 17.5. The van der Waals surface area contributed by atoms with Crippen LogP contribution in [0.25, 0.3) is 0 Å². The Hall–Kier alpha value is -2.53. The van der Waals surface area contributed by atoms with E-state index in [1.165, 1.54) is 0 Å². The van der Waals surface area contributed by atoms with Gasteiger partial charge in [0.25, 0.3) is 0 Å². The van der Waals surface area contributed by atoms with Crippen LogP contribution in [0.15, 0.2) is 48.5 Å². The summed E-state index contributed by atoms with van der Waals surface area (Å²) in [5.41, 5.74) is 2.93. The Balaban J connectivity index is 1.85. The van der Waals surface area contributed by atoms with Crippen molar-refractivity contribution >= 4 is 6.03 Å². The number of ether oxygens (including phenoxy) is 1. The van der Waals surface area contributed by atoms with E-state index in [-0.39, 0.29) is 18.6 Å². The number of carbonyl (C=O) groups is 1. The van der Waals surface area contributed by atoms with E-state index in [1.54, 1.807) is 31.4 Å². The average molecular weight is 328 g/mol. The van der Waals surface area contributed by atoms with Crippen LogP contribution >= 0.6 is 0 Å². The molecule has 0 aliphatic carbocycles. The lowest BCUT2D eigenvalue weighted by Crippen LogP contribution is -2.39. The number of hydrogen-bond acceptors (Lipinski definition) is 3. The van der Waals surface area contributed by atoms with Gasteiger partial charge in [-0.3, -0.25) is 0 Å². The number of methoxy groups -OCH3 is 1. The number of nitrogens with one attached hydrogen (secondary N) is 2. The molecule has 0 saturated carbocycles. The maximum Gasteiger partial charge on any atom is 0.315 e. The molecule has 2 aromatic carbocycles. The first kappa shape index (κ1) is 17.8. The topological polar surface area (TPSA) is 70.6 Å². The molecule has 3 N–H and O–H groups in total. The third kappa shape index (κ3) is 4.73. The first-order valence-corrected chi connectivity index (χ1v) is 7.93. The Morgan fingerprint density at radius 3 is 2.46 bits per heavy atom. The lowest BCUT2D eigenvalue weighted by molar-refractivity contribution is 0.172. The minimum atomic E-state index is -0.768. The number of amides is 2.